The first kappa shape index (κ1) is 31.7. The van der Waals surface area contributed by atoms with Crippen molar-refractivity contribution in [2.75, 3.05) is 21.3 Å². The molecule has 1 saturated carbocycles. The van der Waals surface area contributed by atoms with Crippen molar-refractivity contribution < 1.29 is 24.1 Å². The number of hydrogen-bond donors (Lipinski definition) is 1. The maximum atomic E-state index is 10.9. The topological polar surface area (TPSA) is 57.2 Å². The molecule has 5 heteroatoms. The van der Waals surface area contributed by atoms with E-state index in [1.165, 1.54) is 11.1 Å². The van der Waals surface area contributed by atoms with Crippen molar-refractivity contribution in [3.05, 3.63) is 69.8 Å². The summed E-state index contributed by atoms with van der Waals surface area (Å²) in [7, 11) is 5.12. The van der Waals surface area contributed by atoms with E-state index in [-0.39, 0.29) is 29.5 Å². The number of aliphatic hydroxyl groups is 1. The van der Waals surface area contributed by atoms with Crippen LogP contribution in [0.25, 0.3) is 12.2 Å². The molecule has 0 saturated heterocycles. The van der Waals surface area contributed by atoms with Crippen LogP contribution in [0.5, 0.6) is 23.0 Å². The summed E-state index contributed by atoms with van der Waals surface area (Å²) in [5.41, 5.74) is 6.70. The molecular weight excluding hydrogens is 524 g/mol. The van der Waals surface area contributed by atoms with Gasteiger partial charge in [-0.2, -0.15) is 0 Å². The molecule has 0 spiro atoms. The first-order valence-electron chi connectivity index (χ1n) is 15.3. The molecule has 0 aromatic heterocycles. The third kappa shape index (κ3) is 6.89. The Bertz CT molecular complexity index is 1320. The van der Waals surface area contributed by atoms with Gasteiger partial charge in [0.1, 0.15) is 17.6 Å². The largest absolute Gasteiger partial charge is 0.496 e. The second kappa shape index (κ2) is 13.4. The highest BCUT2D eigenvalue weighted by molar-refractivity contribution is 5.74. The monoisotopic (exact) mass is 574 g/mol. The van der Waals surface area contributed by atoms with Gasteiger partial charge in [-0.3, -0.25) is 0 Å². The van der Waals surface area contributed by atoms with Crippen LogP contribution in [0.2, 0.25) is 0 Å². The zero-order chi connectivity index (χ0) is 30.6. The predicted octanol–water partition coefficient (Wildman–Crippen LogP) is 8.46. The molecule has 0 bridgehead atoms. The Morgan fingerprint density at radius 1 is 0.929 bits per heavy atom. The second-order valence-electron chi connectivity index (χ2n) is 13.0. The first-order valence-corrected chi connectivity index (χ1v) is 15.3. The smallest absolute Gasteiger partial charge is 0.164 e. The first-order chi connectivity index (χ1) is 20.0. The number of methoxy groups -OCH3 is 3. The van der Waals surface area contributed by atoms with E-state index in [0.29, 0.717) is 0 Å². The summed E-state index contributed by atoms with van der Waals surface area (Å²) in [6, 6.07) is 8.36. The molecule has 1 heterocycles. The van der Waals surface area contributed by atoms with Gasteiger partial charge in [-0.1, -0.05) is 56.2 Å². The van der Waals surface area contributed by atoms with Gasteiger partial charge in [0.15, 0.2) is 11.5 Å². The molecule has 2 aromatic carbocycles. The van der Waals surface area contributed by atoms with Gasteiger partial charge in [0.05, 0.1) is 27.4 Å². The number of allylic oxidation sites excluding steroid dienone is 4. The van der Waals surface area contributed by atoms with E-state index in [1.807, 2.05) is 6.07 Å². The van der Waals surface area contributed by atoms with E-state index in [0.717, 1.165) is 77.4 Å². The van der Waals surface area contributed by atoms with E-state index in [2.05, 4.69) is 84.0 Å². The summed E-state index contributed by atoms with van der Waals surface area (Å²) in [4.78, 5) is 0. The van der Waals surface area contributed by atoms with Crippen molar-refractivity contribution in [3.63, 3.8) is 0 Å². The highest BCUT2D eigenvalue weighted by Gasteiger charge is 2.51. The van der Waals surface area contributed by atoms with Gasteiger partial charge in [0, 0.05) is 11.5 Å². The SMILES string of the molecule is COc1cc(C=Cc2cc3c(c(OC)c2)OC2[C@@H](C)C[C@@H](O)C(C)(C)[C@H]2C3)cc(OC)c1CC=C(C)CCC=C(C)C. The van der Waals surface area contributed by atoms with E-state index in [9.17, 15) is 5.11 Å². The van der Waals surface area contributed by atoms with E-state index in [4.69, 9.17) is 18.9 Å². The third-order valence-electron chi connectivity index (χ3n) is 9.28. The lowest BCUT2D eigenvalue weighted by Crippen LogP contribution is -2.55. The van der Waals surface area contributed by atoms with E-state index >= 15 is 0 Å². The standard InChI is InChI=1S/C37H50O5/c1-23(2)11-10-12-24(3)13-16-29-31(39-7)19-27(20-32(29)40-8)15-14-26-18-28-22-30-35(42-36(28)33(21-26)41-9)25(4)17-34(38)37(30,5)6/h11,13-15,18-21,25,30,34-35,38H,10,12,16-17,22H2,1-9H3/t25-,30-,34+,35?/m0/s1. The van der Waals surface area contributed by atoms with Crippen molar-refractivity contribution in [2.24, 2.45) is 17.3 Å². The summed E-state index contributed by atoms with van der Waals surface area (Å²) < 4.78 is 24.1. The van der Waals surface area contributed by atoms with Gasteiger partial charge >= 0.3 is 0 Å². The number of benzene rings is 2. The average molecular weight is 575 g/mol. The normalized spacial score (nSPS) is 23.0. The molecule has 2 aromatic rings. The van der Waals surface area contributed by atoms with Crippen molar-refractivity contribution in [1.29, 1.82) is 0 Å². The number of aliphatic hydroxyl groups excluding tert-OH is 1. The van der Waals surface area contributed by atoms with Crippen LogP contribution in [-0.4, -0.2) is 38.6 Å². The Balaban J connectivity index is 1.59. The maximum absolute atomic E-state index is 10.9. The Morgan fingerprint density at radius 2 is 1.52 bits per heavy atom. The Kier molecular flexibility index (Phi) is 10.1. The number of rotatable bonds is 10. The van der Waals surface area contributed by atoms with Crippen LogP contribution in [0.3, 0.4) is 0 Å². The molecule has 1 unspecified atom stereocenters. The predicted molar refractivity (Wildman–Crippen MR) is 173 cm³/mol. The molecule has 4 rings (SSSR count). The number of fused-ring (bicyclic) bond motifs is 2. The Labute approximate surface area is 253 Å². The number of hydrogen-bond acceptors (Lipinski definition) is 5. The third-order valence-corrected chi connectivity index (χ3v) is 9.28. The van der Waals surface area contributed by atoms with Crippen molar-refractivity contribution >= 4 is 12.2 Å². The van der Waals surface area contributed by atoms with Gasteiger partial charge in [0.2, 0.25) is 0 Å². The molecule has 1 aliphatic carbocycles. The van der Waals surface area contributed by atoms with Crippen LogP contribution in [0, 0.1) is 17.3 Å². The Morgan fingerprint density at radius 3 is 2.12 bits per heavy atom. The molecule has 1 fully saturated rings. The minimum Gasteiger partial charge on any atom is -0.496 e. The molecule has 1 N–H and O–H groups in total. The summed E-state index contributed by atoms with van der Waals surface area (Å²) in [5, 5.41) is 10.9. The van der Waals surface area contributed by atoms with Crippen LogP contribution in [0.15, 0.2) is 47.6 Å². The highest BCUT2D eigenvalue weighted by Crippen LogP contribution is 2.51. The molecule has 2 aliphatic rings. The van der Waals surface area contributed by atoms with Crippen LogP contribution in [0.1, 0.15) is 83.1 Å². The van der Waals surface area contributed by atoms with Crippen molar-refractivity contribution in [1.82, 2.24) is 0 Å². The van der Waals surface area contributed by atoms with Crippen LogP contribution >= 0.6 is 0 Å². The van der Waals surface area contributed by atoms with Crippen LogP contribution < -0.4 is 18.9 Å². The summed E-state index contributed by atoms with van der Waals surface area (Å²) in [5.74, 6) is 3.74. The summed E-state index contributed by atoms with van der Waals surface area (Å²) in [6.07, 6.45) is 12.9. The van der Waals surface area contributed by atoms with Crippen molar-refractivity contribution in [2.45, 2.75) is 85.9 Å². The molecule has 42 heavy (non-hydrogen) atoms. The fourth-order valence-electron chi connectivity index (χ4n) is 6.49. The van der Waals surface area contributed by atoms with Gasteiger partial charge in [0.25, 0.3) is 0 Å². The zero-order valence-electron chi connectivity index (χ0n) is 27.0. The van der Waals surface area contributed by atoms with E-state index in [1.54, 1.807) is 21.3 Å². The molecule has 4 atom stereocenters. The van der Waals surface area contributed by atoms with Crippen LogP contribution in [0.4, 0.5) is 0 Å². The van der Waals surface area contributed by atoms with Gasteiger partial charge in [-0.05, 0) is 105 Å². The highest BCUT2D eigenvalue weighted by atomic mass is 16.5. The average Bonchev–Trinajstić information content (AvgIpc) is 2.96. The van der Waals surface area contributed by atoms with Crippen LogP contribution in [-0.2, 0) is 12.8 Å². The van der Waals surface area contributed by atoms with Gasteiger partial charge < -0.3 is 24.1 Å². The minimum absolute atomic E-state index is 0.0700. The number of ether oxygens (including phenoxy) is 4. The zero-order valence-corrected chi connectivity index (χ0v) is 27.0. The quantitative estimate of drug-likeness (QED) is 0.228. The lowest BCUT2D eigenvalue weighted by atomic mass is 9.60. The van der Waals surface area contributed by atoms with E-state index < -0.39 is 0 Å². The fraction of sp³-hybridized carbons (Fsp3) is 0.514. The maximum Gasteiger partial charge on any atom is 0.164 e. The fourth-order valence-corrected chi connectivity index (χ4v) is 6.49. The molecular formula is C37H50O5. The lowest BCUT2D eigenvalue weighted by molar-refractivity contribution is -0.114. The minimum atomic E-state index is -0.335. The van der Waals surface area contributed by atoms with Crippen molar-refractivity contribution in [3.8, 4) is 23.0 Å². The second-order valence-corrected chi connectivity index (χ2v) is 13.0. The summed E-state index contributed by atoms with van der Waals surface area (Å²) >= 11 is 0. The molecule has 1 aliphatic heterocycles. The summed E-state index contributed by atoms with van der Waals surface area (Å²) in [6.45, 7) is 13.0. The van der Waals surface area contributed by atoms with Gasteiger partial charge in [-0.25, -0.2) is 0 Å². The molecule has 228 valence electrons. The molecule has 5 nitrogen and oxygen atoms in total. The Hall–Kier alpha value is -3.18. The lowest BCUT2D eigenvalue weighted by Gasteiger charge is -2.52. The molecule has 0 amide bonds. The molecule has 0 radical (unpaired) electrons. The van der Waals surface area contributed by atoms with Gasteiger partial charge in [-0.15, -0.1) is 0 Å².